The molecule has 10 heteroatoms. The van der Waals surface area contributed by atoms with Gasteiger partial charge in [-0.25, -0.2) is 9.67 Å². The maximum absolute atomic E-state index is 9.43. The average Bonchev–Trinajstić information content (AvgIpc) is 3.26. The monoisotopic (exact) mass is 556 g/mol. The minimum atomic E-state index is -2.03. The Bertz CT molecular complexity index is 1230. The maximum Gasteiger partial charge on any atom is 0.317 e. The van der Waals surface area contributed by atoms with Gasteiger partial charge in [0.1, 0.15) is 18.1 Å². The normalized spacial score (nSPS) is 18.2. The van der Waals surface area contributed by atoms with E-state index < -0.39 is 8.32 Å². The van der Waals surface area contributed by atoms with E-state index in [1.807, 2.05) is 23.7 Å². The summed E-state index contributed by atoms with van der Waals surface area (Å²) in [5.41, 5.74) is 2.40. The Hall–Kier alpha value is -2.53. The van der Waals surface area contributed by atoms with Crippen LogP contribution in [0, 0.1) is 0 Å². The molecule has 4 rings (SSSR count). The fraction of sp³-hybridized carbons (Fsp3) is 0.621. The number of fused-ring (bicyclic) bond motifs is 1. The van der Waals surface area contributed by atoms with Crippen molar-refractivity contribution in [2.75, 3.05) is 19.8 Å². The minimum absolute atomic E-state index is 0.0843. The molecule has 3 heterocycles. The predicted octanol–water partition coefficient (Wildman–Crippen LogP) is 6.13. The summed E-state index contributed by atoms with van der Waals surface area (Å²) >= 11 is 0. The van der Waals surface area contributed by atoms with Crippen LogP contribution in [0.5, 0.6) is 11.8 Å². The molecule has 0 aliphatic carbocycles. The van der Waals surface area contributed by atoms with Crippen LogP contribution in [0.3, 0.4) is 0 Å². The van der Waals surface area contributed by atoms with E-state index >= 15 is 0 Å². The number of benzene rings is 1. The largest absolute Gasteiger partial charge is 0.543 e. The summed E-state index contributed by atoms with van der Waals surface area (Å²) in [4.78, 5) is 9.01. The van der Waals surface area contributed by atoms with Gasteiger partial charge in [-0.1, -0.05) is 20.8 Å². The summed E-state index contributed by atoms with van der Waals surface area (Å²) in [6.07, 6.45) is 4.71. The van der Waals surface area contributed by atoms with E-state index in [2.05, 4.69) is 51.0 Å². The van der Waals surface area contributed by atoms with Gasteiger partial charge < -0.3 is 23.7 Å². The third-order valence-electron chi connectivity index (χ3n) is 7.55. The van der Waals surface area contributed by atoms with Crippen molar-refractivity contribution in [3.63, 3.8) is 0 Å². The van der Waals surface area contributed by atoms with Crippen molar-refractivity contribution in [1.82, 2.24) is 19.7 Å². The van der Waals surface area contributed by atoms with E-state index in [9.17, 15) is 5.11 Å². The zero-order valence-corrected chi connectivity index (χ0v) is 25.4. The summed E-state index contributed by atoms with van der Waals surface area (Å²) in [5, 5.41) is 15.5. The second kappa shape index (κ2) is 12.3. The molecule has 1 fully saturated rings. The molecular formula is C29H44N4O5Si. The Morgan fingerprint density at radius 2 is 1.97 bits per heavy atom. The molecule has 9 nitrogen and oxygen atoms in total. The van der Waals surface area contributed by atoms with Crippen molar-refractivity contribution < 1.29 is 23.7 Å². The highest BCUT2D eigenvalue weighted by molar-refractivity contribution is 6.74. The number of aliphatic hydroxyl groups is 1. The number of nitrogens with zero attached hydrogens (tertiary/aromatic N) is 4. The second-order valence-electron chi connectivity index (χ2n) is 12.0. The summed E-state index contributed by atoms with van der Waals surface area (Å²) in [6.45, 7) is 16.4. The third-order valence-corrected chi connectivity index (χ3v) is 11.9. The van der Waals surface area contributed by atoms with Gasteiger partial charge in [0.25, 0.3) is 0 Å². The van der Waals surface area contributed by atoms with Gasteiger partial charge in [0.15, 0.2) is 6.23 Å². The van der Waals surface area contributed by atoms with Crippen molar-refractivity contribution in [1.29, 1.82) is 0 Å². The lowest BCUT2D eigenvalue weighted by Gasteiger charge is -2.36. The lowest BCUT2D eigenvalue weighted by molar-refractivity contribution is -0.0365. The Morgan fingerprint density at radius 3 is 2.67 bits per heavy atom. The van der Waals surface area contributed by atoms with Crippen molar-refractivity contribution in [2.45, 2.75) is 96.9 Å². The fourth-order valence-corrected chi connectivity index (χ4v) is 5.20. The Morgan fingerprint density at radius 1 is 1.18 bits per heavy atom. The fourth-order valence-electron chi connectivity index (χ4n) is 4.18. The van der Waals surface area contributed by atoms with E-state index in [1.165, 1.54) is 0 Å². The quantitative estimate of drug-likeness (QED) is 0.282. The van der Waals surface area contributed by atoms with Crippen LogP contribution in [0.2, 0.25) is 18.1 Å². The van der Waals surface area contributed by atoms with Crippen LogP contribution in [0.25, 0.3) is 22.3 Å². The van der Waals surface area contributed by atoms with Crippen LogP contribution < -0.4 is 9.16 Å². The molecule has 1 aliphatic rings. The molecule has 3 atom stereocenters. The maximum atomic E-state index is 9.43. The van der Waals surface area contributed by atoms with E-state index in [1.54, 1.807) is 13.1 Å². The van der Waals surface area contributed by atoms with Gasteiger partial charge >= 0.3 is 6.01 Å². The molecule has 0 bridgehead atoms. The van der Waals surface area contributed by atoms with Crippen molar-refractivity contribution in [3.8, 4) is 23.1 Å². The molecule has 1 saturated heterocycles. The molecule has 1 unspecified atom stereocenters. The van der Waals surface area contributed by atoms with Crippen molar-refractivity contribution >= 4 is 19.2 Å². The number of ether oxygens (including phenoxy) is 3. The molecule has 0 saturated carbocycles. The van der Waals surface area contributed by atoms with Crippen LogP contribution >= 0.6 is 0 Å². The number of aliphatic hydroxyl groups excluding tert-OH is 1. The lowest BCUT2D eigenvalue weighted by atomic mass is 10.1. The van der Waals surface area contributed by atoms with Gasteiger partial charge in [0.2, 0.25) is 8.32 Å². The average molecular weight is 557 g/mol. The first-order valence-electron chi connectivity index (χ1n) is 14.0. The van der Waals surface area contributed by atoms with Crippen LogP contribution in [0.4, 0.5) is 0 Å². The van der Waals surface area contributed by atoms with Crippen LogP contribution in [-0.2, 0) is 9.47 Å². The van der Waals surface area contributed by atoms with E-state index in [4.69, 9.17) is 28.7 Å². The molecule has 1 N–H and O–H groups in total. The lowest BCUT2D eigenvalue weighted by Crippen LogP contribution is -2.43. The van der Waals surface area contributed by atoms with Gasteiger partial charge in [-0.3, -0.25) is 0 Å². The summed E-state index contributed by atoms with van der Waals surface area (Å²) < 4.78 is 26.3. The van der Waals surface area contributed by atoms with Gasteiger partial charge in [0.05, 0.1) is 23.4 Å². The third kappa shape index (κ3) is 7.36. The topological polar surface area (TPSA) is 101 Å². The Kier molecular flexibility index (Phi) is 9.31. The molecule has 0 amide bonds. The first-order chi connectivity index (χ1) is 18.4. The van der Waals surface area contributed by atoms with Crippen LogP contribution in [0.15, 0.2) is 30.5 Å². The van der Waals surface area contributed by atoms with Gasteiger partial charge in [-0.2, -0.15) is 10.1 Å². The highest BCUT2D eigenvalue weighted by atomic mass is 28.4. The van der Waals surface area contributed by atoms with Crippen LogP contribution in [0.1, 0.15) is 66.5 Å². The predicted molar refractivity (Wildman–Crippen MR) is 155 cm³/mol. The minimum Gasteiger partial charge on any atom is -0.543 e. The highest BCUT2D eigenvalue weighted by Gasteiger charge is 2.39. The molecule has 2 aromatic heterocycles. The summed E-state index contributed by atoms with van der Waals surface area (Å²) in [5.74, 6) is 0.841. The summed E-state index contributed by atoms with van der Waals surface area (Å²) in [6, 6.07) is 8.32. The zero-order valence-electron chi connectivity index (χ0n) is 24.4. The van der Waals surface area contributed by atoms with E-state index in [0.29, 0.717) is 25.3 Å². The van der Waals surface area contributed by atoms with Gasteiger partial charge in [-0.05, 0) is 81.9 Å². The molecule has 39 heavy (non-hydrogen) atoms. The molecule has 1 aromatic carbocycles. The molecule has 0 radical (unpaired) electrons. The SMILES string of the molecule is C[C@@H](O)CCO[C@@H](C)COc1nccc(-c2nn(C3CCCCO3)c3ccc(O[Si](C)(C)C(C)(C)C)cc23)n1. The van der Waals surface area contributed by atoms with Crippen molar-refractivity contribution in [2.24, 2.45) is 0 Å². The number of rotatable bonds is 11. The first kappa shape index (κ1) is 29.4. The molecule has 1 aliphatic heterocycles. The molecule has 214 valence electrons. The highest BCUT2D eigenvalue weighted by Crippen LogP contribution is 2.39. The molecule has 0 spiro atoms. The Balaban J connectivity index is 1.63. The summed E-state index contributed by atoms with van der Waals surface area (Å²) in [7, 11) is -2.03. The number of aromatic nitrogens is 4. The molecule has 3 aromatic rings. The Labute approximate surface area is 233 Å². The van der Waals surface area contributed by atoms with E-state index in [0.717, 1.165) is 48.2 Å². The smallest absolute Gasteiger partial charge is 0.317 e. The second-order valence-corrected chi connectivity index (χ2v) is 16.7. The van der Waals surface area contributed by atoms with Gasteiger partial charge in [0, 0.05) is 24.8 Å². The standard InChI is InChI=1S/C29H44N4O5Si/c1-20(34)14-17-35-21(2)19-37-28-30-15-13-24(31-28)27-23-18-22(38-39(6,7)29(3,4)5)11-12-25(23)33(32-27)26-10-8-9-16-36-26/h11-13,15,18,20-21,26,34H,8-10,14,16-17,19H2,1-7H3/t20-,21+,26?/m1/s1. The van der Waals surface area contributed by atoms with E-state index in [-0.39, 0.29) is 29.5 Å². The zero-order chi connectivity index (χ0) is 28.2. The van der Waals surface area contributed by atoms with Crippen LogP contribution in [-0.4, -0.2) is 65.2 Å². The number of hydrogen-bond donors (Lipinski definition) is 1. The first-order valence-corrected chi connectivity index (χ1v) is 16.9. The van der Waals surface area contributed by atoms with Gasteiger partial charge in [-0.15, -0.1) is 0 Å². The molecular weight excluding hydrogens is 512 g/mol. The number of hydrogen-bond acceptors (Lipinski definition) is 8. The van der Waals surface area contributed by atoms with Crippen molar-refractivity contribution in [3.05, 3.63) is 30.5 Å².